The van der Waals surface area contributed by atoms with Gasteiger partial charge in [0, 0.05) is 5.75 Å². The number of hydrogen-bond acceptors (Lipinski definition) is 3. The monoisotopic (exact) mass is 295 g/mol. The minimum atomic E-state index is -1.00. The number of benzene rings is 1. The highest BCUT2D eigenvalue weighted by Crippen LogP contribution is 2.20. The van der Waals surface area contributed by atoms with Crippen molar-refractivity contribution in [2.24, 2.45) is 5.41 Å². The Kier molecular flexibility index (Phi) is 6.07. The topological polar surface area (TPSA) is 66.4 Å². The van der Waals surface area contributed by atoms with Crippen molar-refractivity contribution < 1.29 is 14.7 Å². The van der Waals surface area contributed by atoms with Crippen LogP contribution in [-0.4, -0.2) is 28.8 Å². The van der Waals surface area contributed by atoms with Crippen LogP contribution in [-0.2, 0) is 15.3 Å². The van der Waals surface area contributed by atoms with Crippen molar-refractivity contribution in [2.45, 2.75) is 32.6 Å². The molecule has 20 heavy (non-hydrogen) atoms. The zero-order valence-electron chi connectivity index (χ0n) is 12.1. The molecule has 0 radical (unpaired) electrons. The quantitative estimate of drug-likeness (QED) is 0.846. The van der Waals surface area contributed by atoms with Crippen LogP contribution in [0.3, 0.4) is 0 Å². The largest absolute Gasteiger partial charge is 0.480 e. The molecular formula is C15H21NO3S. The summed E-state index contributed by atoms with van der Waals surface area (Å²) in [6, 6.07) is 8.99. The van der Waals surface area contributed by atoms with Gasteiger partial charge in [-0.05, 0) is 11.0 Å². The van der Waals surface area contributed by atoms with Crippen molar-refractivity contribution in [2.75, 3.05) is 5.75 Å². The highest BCUT2D eigenvalue weighted by Gasteiger charge is 2.32. The number of carboxylic acid groups (broad SMARTS) is 1. The highest BCUT2D eigenvalue weighted by molar-refractivity contribution is 7.99. The van der Waals surface area contributed by atoms with Crippen molar-refractivity contribution in [3.8, 4) is 0 Å². The Morgan fingerprint density at radius 1 is 1.25 bits per heavy atom. The Hall–Kier alpha value is -1.49. The highest BCUT2D eigenvalue weighted by atomic mass is 32.2. The second-order valence-corrected chi connectivity index (χ2v) is 6.67. The maximum atomic E-state index is 11.8. The lowest BCUT2D eigenvalue weighted by atomic mass is 9.87. The van der Waals surface area contributed by atoms with Crippen molar-refractivity contribution in [1.29, 1.82) is 0 Å². The number of rotatable bonds is 6. The molecule has 1 amide bonds. The second-order valence-electron chi connectivity index (χ2n) is 5.68. The third-order valence-corrected chi connectivity index (χ3v) is 3.77. The Morgan fingerprint density at radius 2 is 1.85 bits per heavy atom. The normalized spacial score (nSPS) is 12.8. The smallest absolute Gasteiger partial charge is 0.326 e. The van der Waals surface area contributed by atoms with Crippen LogP contribution < -0.4 is 5.32 Å². The van der Waals surface area contributed by atoms with Gasteiger partial charge in [0.2, 0.25) is 5.91 Å². The van der Waals surface area contributed by atoms with Gasteiger partial charge in [0.25, 0.3) is 0 Å². The van der Waals surface area contributed by atoms with Gasteiger partial charge in [-0.3, -0.25) is 4.79 Å². The number of carbonyl (C=O) groups excluding carboxylic acids is 1. The predicted octanol–water partition coefficient (Wildman–Crippen LogP) is 2.54. The third kappa shape index (κ3) is 5.65. The summed E-state index contributed by atoms with van der Waals surface area (Å²) < 4.78 is 0. The molecule has 0 aliphatic carbocycles. The van der Waals surface area contributed by atoms with E-state index in [0.29, 0.717) is 0 Å². The van der Waals surface area contributed by atoms with E-state index in [1.54, 1.807) is 20.8 Å². The van der Waals surface area contributed by atoms with E-state index in [4.69, 9.17) is 5.11 Å². The summed E-state index contributed by atoms with van der Waals surface area (Å²) in [6.07, 6.45) is 0. The predicted molar refractivity (Wildman–Crippen MR) is 81.6 cm³/mol. The van der Waals surface area contributed by atoms with Crippen molar-refractivity contribution in [3.05, 3.63) is 35.9 Å². The Balaban J connectivity index is 2.41. The molecule has 1 aromatic rings. The van der Waals surface area contributed by atoms with Gasteiger partial charge in [-0.15, -0.1) is 11.8 Å². The molecule has 0 unspecified atom stereocenters. The average Bonchev–Trinajstić information content (AvgIpc) is 2.35. The zero-order valence-corrected chi connectivity index (χ0v) is 12.9. The first-order valence-electron chi connectivity index (χ1n) is 6.44. The fourth-order valence-corrected chi connectivity index (χ4v) is 2.49. The van der Waals surface area contributed by atoms with Crippen molar-refractivity contribution in [3.63, 3.8) is 0 Å². The molecule has 0 saturated heterocycles. The Morgan fingerprint density at radius 3 is 2.35 bits per heavy atom. The molecule has 0 fully saturated rings. The summed E-state index contributed by atoms with van der Waals surface area (Å²) >= 11 is 1.47. The number of thioether (sulfide) groups is 1. The van der Waals surface area contributed by atoms with Crippen LogP contribution in [0.15, 0.2) is 30.3 Å². The molecule has 4 nitrogen and oxygen atoms in total. The van der Waals surface area contributed by atoms with Crippen LogP contribution in [0.5, 0.6) is 0 Å². The third-order valence-electron chi connectivity index (χ3n) is 2.76. The molecule has 0 aromatic heterocycles. The van der Waals surface area contributed by atoms with E-state index in [0.717, 1.165) is 11.3 Å². The van der Waals surface area contributed by atoms with Crippen LogP contribution in [0.1, 0.15) is 26.3 Å². The lowest BCUT2D eigenvalue weighted by molar-refractivity contribution is -0.144. The number of carbonyl (C=O) groups is 2. The first-order valence-corrected chi connectivity index (χ1v) is 7.60. The van der Waals surface area contributed by atoms with Gasteiger partial charge in [-0.1, -0.05) is 51.1 Å². The molecule has 0 heterocycles. The Bertz CT molecular complexity index is 454. The summed E-state index contributed by atoms with van der Waals surface area (Å²) in [5.74, 6) is -0.247. The Labute approximate surface area is 124 Å². The summed E-state index contributed by atoms with van der Waals surface area (Å²) in [5.41, 5.74) is 0.641. The molecule has 0 spiro atoms. The number of carboxylic acids is 1. The zero-order chi connectivity index (χ0) is 15.2. The van der Waals surface area contributed by atoms with E-state index < -0.39 is 17.4 Å². The number of aliphatic carboxylic acids is 1. The molecule has 2 N–H and O–H groups in total. The van der Waals surface area contributed by atoms with Gasteiger partial charge in [0.05, 0.1) is 5.75 Å². The van der Waals surface area contributed by atoms with Crippen LogP contribution in [0.4, 0.5) is 0 Å². The van der Waals surface area contributed by atoms with E-state index in [2.05, 4.69) is 5.32 Å². The maximum Gasteiger partial charge on any atom is 0.326 e. The molecule has 5 heteroatoms. The lowest BCUT2D eigenvalue weighted by Gasteiger charge is -2.27. The van der Waals surface area contributed by atoms with Gasteiger partial charge >= 0.3 is 5.97 Å². The lowest BCUT2D eigenvalue weighted by Crippen LogP contribution is -2.49. The molecule has 0 aliphatic heterocycles. The number of hydrogen-bond donors (Lipinski definition) is 2. The SMILES string of the molecule is CC(C)(C)[C@H](NC(=O)CSCc1ccccc1)C(=O)O. The van der Waals surface area contributed by atoms with Crippen molar-refractivity contribution in [1.82, 2.24) is 5.32 Å². The maximum absolute atomic E-state index is 11.8. The van der Waals surface area contributed by atoms with E-state index in [1.165, 1.54) is 11.8 Å². The van der Waals surface area contributed by atoms with Gasteiger partial charge in [-0.25, -0.2) is 4.79 Å². The van der Waals surface area contributed by atoms with Crippen LogP contribution in [0.25, 0.3) is 0 Å². The summed E-state index contributed by atoms with van der Waals surface area (Å²) in [6.45, 7) is 5.38. The van der Waals surface area contributed by atoms with Crippen LogP contribution in [0.2, 0.25) is 0 Å². The summed E-state index contributed by atoms with van der Waals surface area (Å²) in [5, 5.41) is 11.7. The van der Waals surface area contributed by atoms with E-state index in [-0.39, 0.29) is 11.7 Å². The molecule has 0 aliphatic rings. The first kappa shape index (κ1) is 16.6. The van der Waals surface area contributed by atoms with Gasteiger partial charge in [0.1, 0.15) is 6.04 Å². The van der Waals surface area contributed by atoms with E-state index in [9.17, 15) is 9.59 Å². The van der Waals surface area contributed by atoms with Crippen LogP contribution >= 0.6 is 11.8 Å². The second kappa shape index (κ2) is 7.33. The molecule has 1 atom stereocenters. The summed E-state index contributed by atoms with van der Waals surface area (Å²) in [7, 11) is 0. The minimum Gasteiger partial charge on any atom is -0.480 e. The molecule has 1 rings (SSSR count). The van der Waals surface area contributed by atoms with Gasteiger partial charge in [-0.2, -0.15) is 0 Å². The van der Waals surface area contributed by atoms with Crippen LogP contribution in [0, 0.1) is 5.41 Å². The first-order chi connectivity index (χ1) is 9.30. The van der Waals surface area contributed by atoms with E-state index >= 15 is 0 Å². The molecular weight excluding hydrogens is 274 g/mol. The summed E-state index contributed by atoms with van der Waals surface area (Å²) in [4.78, 5) is 23.0. The minimum absolute atomic E-state index is 0.242. The average molecular weight is 295 g/mol. The molecule has 110 valence electrons. The number of nitrogens with one attached hydrogen (secondary N) is 1. The standard InChI is InChI=1S/C15H21NO3S/c1-15(2,3)13(14(18)19)16-12(17)10-20-9-11-7-5-4-6-8-11/h4-8,13H,9-10H2,1-3H3,(H,16,17)(H,18,19)/t13-/m1/s1. The van der Waals surface area contributed by atoms with E-state index in [1.807, 2.05) is 30.3 Å². The van der Waals surface area contributed by atoms with Gasteiger partial charge in [0.15, 0.2) is 0 Å². The molecule has 1 aromatic carbocycles. The fourth-order valence-electron chi connectivity index (χ4n) is 1.69. The van der Waals surface area contributed by atoms with Gasteiger partial charge < -0.3 is 10.4 Å². The van der Waals surface area contributed by atoms with Crippen molar-refractivity contribution >= 4 is 23.6 Å². The molecule has 0 saturated carbocycles. The molecule has 0 bridgehead atoms. The number of amides is 1. The fraction of sp³-hybridized carbons (Fsp3) is 0.467.